The number of hydrogen-bond donors (Lipinski definition) is 1. The predicted octanol–water partition coefficient (Wildman–Crippen LogP) is 3.30. The van der Waals surface area contributed by atoms with Crippen LogP contribution in [0.5, 0.6) is 0 Å². The van der Waals surface area contributed by atoms with Crippen molar-refractivity contribution in [1.29, 1.82) is 5.26 Å². The summed E-state index contributed by atoms with van der Waals surface area (Å²) in [5.41, 5.74) is 2.74. The molecule has 0 aromatic carbocycles. The summed E-state index contributed by atoms with van der Waals surface area (Å²) in [6, 6.07) is 8.46. The number of aromatic nitrogens is 4. The van der Waals surface area contributed by atoms with Gasteiger partial charge in [-0.2, -0.15) is 5.26 Å². The van der Waals surface area contributed by atoms with E-state index in [-0.39, 0.29) is 12.1 Å². The van der Waals surface area contributed by atoms with Crippen molar-refractivity contribution < 1.29 is 4.74 Å². The van der Waals surface area contributed by atoms with Gasteiger partial charge >= 0.3 is 0 Å². The van der Waals surface area contributed by atoms with E-state index >= 15 is 0 Å². The third kappa shape index (κ3) is 3.62. The Bertz CT molecular complexity index is 1000. The van der Waals surface area contributed by atoms with Gasteiger partial charge in [0.05, 0.1) is 23.2 Å². The number of nitrogens with one attached hydrogen (secondary N) is 1. The second kappa shape index (κ2) is 7.75. The number of fused-ring (bicyclic) bond motifs is 1. The summed E-state index contributed by atoms with van der Waals surface area (Å²) in [7, 11) is 1.81. The molecule has 0 radical (unpaired) electrons. The second-order valence-electron chi connectivity index (χ2n) is 8.12. The summed E-state index contributed by atoms with van der Waals surface area (Å²) in [4.78, 5) is 6.68. The smallest absolute Gasteiger partial charge is 0.122 e. The van der Waals surface area contributed by atoms with Crippen LogP contribution in [0.1, 0.15) is 30.1 Å². The van der Waals surface area contributed by atoms with E-state index in [4.69, 9.17) is 10.00 Å². The summed E-state index contributed by atoms with van der Waals surface area (Å²) >= 11 is 1.69. The molecule has 29 heavy (non-hydrogen) atoms. The van der Waals surface area contributed by atoms with Gasteiger partial charge in [0, 0.05) is 32.9 Å². The number of hydrogen-bond acceptors (Lipinski definition) is 6. The Morgan fingerprint density at radius 3 is 2.93 bits per heavy atom. The third-order valence-corrected chi connectivity index (χ3v) is 7.25. The van der Waals surface area contributed by atoms with Gasteiger partial charge in [0.1, 0.15) is 17.5 Å². The minimum absolute atomic E-state index is 0.159. The van der Waals surface area contributed by atoms with E-state index in [0.29, 0.717) is 17.5 Å². The average molecular weight is 409 g/mol. The number of H-pyrrole nitrogens is 1. The normalized spacial score (nSPS) is 27.0. The molecule has 0 bridgehead atoms. The number of rotatable bonds is 5. The molecule has 1 N–H and O–H groups in total. The van der Waals surface area contributed by atoms with Gasteiger partial charge in [-0.1, -0.05) is 11.3 Å². The van der Waals surface area contributed by atoms with E-state index in [2.05, 4.69) is 43.9 Å². The maximum Gasteiger partial charge on any atom is 0.122 e. The van der Waals surface area contributed by atoms with Crippen molar-refractivity contribution in [3.63, 3.8) is 0 Å². The molecule has 5 rings (SSSR count). The first kappa shape index (κ1) is 18.6. The van der Waals surface area contributed by atoms with E-state index in [0.717, 1.165) is 43.0 Å². The highest BCUT2D eigenvalue weighted by molar-refractivity contribution is 7.13. The van der Waals surface area contributed by atoms with Crippen molar-refractivity contribution in [2.75, 3.05) is 20.2 Å². The van der Waals surface area contributed by atoms with Gasteiger partial charge in [-0.25, -0.2) is 4.68 Å². The van der Waals surface area contributed by atoms with Gasteiger partial charge in [-0.15, -0.1) is 16.4 Å². The Balaban J connectivity index is 1.29. The lowest BCUT2D eigenvalue weighted by molar-refractivity contribution is -0.00545. The molecular formula is C21H24N6OS. The first-order valence-electron chi connectivity index (χ1n) is 10.0. The van der Waals surface area contributed by atoms with Crippen molar-refractivity contribution in [2.45, 2.75) is 31.5 Å². The fourth-order valence-corrected chi connectivity index (χ4v) is 5.65. The van der Waals surface area contributed by atoms with Gasteiger partial charge in [0.15, 0.2) is 0 Å². The van der Waals surface area contributed by atoms with Crippen molar-refractivity contribution in [3.05, 3.63) is 47.2 Å². The number of nitriles is 1. The fourth-order valence-electron chi connectivity index (χ4n) is 4.98. The maximum absolute atomic E-state index is 9.01. The number of aromatic amines is 1. The minimum Gasteiger partial charge on any atom is -0.379 e. The van der Waals surface area contributed by atoms with Crippen LogP contribution in [0.15, 0.2) is 36.0 Å². The number of likely N-dealkylation sites (tertiary alicyclic amines) is 1. The first-order valence-corrected chi connectivity index (χ1v) is 10.9. The largest absolute Gasteiger partial charge is 0.379 e. The van der Waals surface area contributed by atoms with E-state index in [1.54, 1.807) is 11.3 Å². The highest BCUT2D eigenvalue weighted by Crippen LogP contribution is 2.42. The zero-order chi connectivity index (χ0) is 19.8. The molecule has 2 aliphatic rings. The zero-order valence-electron chi connectivity index (χ0n) is 16.4. The summed E-state index contributed by atoms with van der Waals surface area (Å²) in [5.74, 6) is 1.28. The molecule has 1 aliphatic carbocycles. The van der Waals surface area contributed by atoms with Crippen molar-refractivity contribution >= 4 is 11.3 Å². The number of nitrogens with zero attached hydrogens (tertiary/aromatic N) is 5. The van der Waals surface area contributed by atoms with Crippen LogP contribution in [-0.2, 0) is 11.3 Å². The maximum atomic E-state index is 9.01. The second-order valence-corrected chi connectivity index (χ2v) is 9.07. The highest BCUT2D eigenvalue weighted by Gasteiger charge is 2.43. The Kier molecular flexibility index (Phi) is 4.96. The average Bonchev–Trinajstić information content (AvgIpc) is 3.52. The monoisotopic (exact) mass is 408 g/mol. The fraction of sp³-hybridized carbons (Fsp3) is 0.476. The standard InChI is InChI=1S/C21H24N6OS/c1-28-20-7-16-12-26(10-14-5-17(8-22)23-9-14)11-15(16)6-19(20)27-13-18(24-25-27)21-3-2-4-29-21/h2-5,9,13,15-16,19-20,23H,6-7,10-12H2,1H3/t15-,16+,19-,20-/m1/s1. The molecule has 3 aromatic heterocycles. The van der Waals surface area contributed by atoms with Crippen molar-refractivity contribution in [1.82, 2.24) is 24.9 Å². The van der Waals surface area contributed by atoms with Gasteiger partial charge in [0.2, 0.25) is 0 Å². The molecule has 0 amide bonds. The molecule has 1 aliphatic heterocycles. The molecule has 150 valence electrons. The highest BCUT2D eigenvalue weighted by atomic mass is 32.1. The van der Waals surface area contributed by atoms with Crippen molar-refractivity contribution in [3.8, 4) is 16.6 Å². The van der Waals surface area contributed by atoms with Gasteiger partial charge in [0.25, 0.3) is 0 Å². The van der Waals surface area contributed by atoms with Crippen LogP contribution in [0.2, 0.25) is 0 Å². The van der Waals surface area contributed by atoms with Crippen LogP contribution in [-0.4, -0.2) is 51.2 Å². The van der Waals surface area contributed by atoms with Crippen LogP contribution in [0, 0.1) is 23.2 Å². The molecule has 8 heteroatoms. The lowest BCUT2D eigenvalue weighted by Gasteiger charge is -2.37. The molecule has 2 fully saturated rings. The lowest BCUT2D eigenvalue weighted by Crippen LogP contribution is -2.37. The summed E-state index contributed by atoms with van der Waals surface area (Å²) in [5, 5.41) is 19.9. The molecule has 0 unspecified atom stereocenters. The quantitative estimate of drug-likeness (QED) is 0.700. The molecule has 1 saturated carbocycles. The summed E-state index contributed by atoms with van der Waals surface area (Å²) in [6.07, 6.45) is 6.28. The van der Waals surface area contributed by atoms with E-state index in [1.807, 2.05) is 30.1 Å². The van der Waals surface area contributed by atoms with Crippen LogP contribution >= 0.6 is 11.3 Å². The van der Waals surface area contributed by atoms with Crippen LogP contribution in [0.4, 0.5) is 0 Å². The molecular weight excluding hydrogens is 384 g/mol. The topological polar surface area (TPSA) is 82.8 Å². The zero-order valence-corrected chi connectivity index (χ0v) is 17.2. The molecule has 4 heterocycles. The van der Waals surface area contributed by atoms with Crippen LogP contribution < -0.4 is 0 Å². The number of ether oxygens (including phenoxy) is 1. The Morgan fingerprint density at radius 1 is 1.34 bits per heavy atom. The summed E-state index contributed by atoms with van der Waals surface area (Å²) in [6.45, 7) is 3.05. The molecule has 3 aromatic rings. The molecule has 4 atom stereocenters. The lowest BCUT2D eigenvalue weighted by atomic mass is 9.77. The van der Waals surface area contributed by atoms with Gasteiger partial charge < -0.3 is 9.72 Å². The van der Waals surface area contributed by atoms with Crippen LogP contribution in [0.3, 0.4) is 0 Å². The first-order chi connectivity index (χ1) is 14.2. The molecule has 1 saturated heterocycles. The van der Waals surface area contributed by atoms with E-state index < -0.39 is 0 Å². The SMILES string of the molecule is CO[C@@H]1C[C@H]2CN(Cc3c[nH]c(C#N)c3)C[C@H]2C[C@H]1n1cc(-c2cccs2)nn1. The minimum atomic E-state index is 0.159. The van der Waals surface area contributed by atoms with Gasteiger partial charge in [-0.3, -0.25) is 4.90 Å². The Hall–Kier alpha value is -2.47. The Morgan fingerprint density at radius 2 is 2.21 bits per heavy atom. The number of methoxy groups -OCH3 is 1. The third-order valence-electron chi connectivity index (χ3n) is 6.36. The van der Waals surface area contributed by atoms with E-state index in [1.165, 1.54) is 5.56 Å². The number of thiophene rings is 1. The molecule has 0 spiro atoms. The van der Waals surface area contributed by atoms with E-state index in [9.17, 15) is 0 Å². The van der Waals surface area contributed by atoms with Crippen LogP contribution in [0.25, 0.3) is 10.6 Å². The predicted molar refractivity (Wildman–Crippen MR) is 110 cm³/mol. The van der Waals surface area contributed by atoms with Crippen molar-refractivity contribution in [2.24, 2.45) is 11.8 Å². The summed E-state index contributed by atoms with van der Waals surface area (Å²) < 4.78 is 7.91. The molecule has 7 nitrogen and oxygen atoms in total. The van der Waals surface area contributed by atoms with Gasteiger partial charge in [-0.05, 0) is 47.8 Å². The Labute approximate surface area is 173 Å².